The van der Waals surface area contributed by atoms with E-state index in [1.165, 1.54) is 6.20 Å². The molecule has 4 N–H and O–H groups in total. The second-order valence-electron chi connectivity index (χ2n) is 6.33. The Balaban J connectivity index is 1.73. The van der Waals surface area contributed by atoms with E-state index in [9.17, 15) is 4.79 Å². The Labute approximate surface area is 154 Å². The molecule has 1 amide bonds. The molecular formula is C18H19N7O2. The standard InChI is InChI=1S/C18H19N7O2/c1-10(9-27-2)23-18-21-7-13-12(6-20-17(13)24-18)11-3-4-25-15(5-11)14(8-22-25)16(19)26/h3-8,10H,9H2,1-2H3,(H2,19,26)(H2,20,21,23,24)/t10-/m0/s1. The first-order chi connectivity index (χ1) is 13.1. The lowest BCUT2D eigenvalue weighted by Crippen LogP contribution is -2.22. The number of anilines is 1. The Hall–Kier alpha value is -3.46. The van der Waals surface area contributed by atoms with Crippen molar-refractivity contribution < 1.29 is 9.53 Å². The van der Waals surface area contributed by atoms with E-state index in [0.29, 0.717) is 23.6 Å². The van der Waals surface area contributed by atoms with E-state index in [1.807, 2.05) is 25.3 Å². The van der Waals surface area contributed by atoms with E-state index >= 15 is 0 Å². The number of ether oxygens (including phenoxy) is 1. The number of hydrogen-bond acceptors (Lipinski definition) is 6. The average molecular weight is 365 g/mol. The van der Waals surface area contributed by atoms with Gasteiger partial charge in [-0.3, -0.25) is 4.79 Å². The van der Waals surface area contributed by atoms with Gasteiger partial charge in [0.15, 0.2) is 0 Å². The van der Waals surface area contributed by atoms with Crippen LogP contribution in [0.4, 0.5) is 5.95 Å². The van der Waals surface area contributed by atoms with Crippen molar-refractivity contribution in [3.8, 4) is 11.1 Å². The van der Waals surface area contributed by atoms with Gasteiger partial charge in [-0.25, -0.2) is 9.50 Å². The molecule has 0 saturated carbocycles. The molecule has 138 valence electrons. The zero-order valence-electron chi connectivity index (χ0n) is 14.9. The van der Waals surface area contributed by atoms with Crippen LogP contribution in [0.15, 0.2) is 36.9 Å². The minimum atomic E-state index is -0.509. The van der Waals surface area contributed by atoms with Crippen molar-refractivity contribution in [1.82, 2.24) is 24.6 Å². The van der Waals surface area contributed by atoms with Gasteiger partial charge in [0.05, 0.1) is 23.9 Å². The lowest BCUT2D eigenvalue weighted by Gasteiger charge is -2.12. The second-order valence-corrected chi connectivity index (χ2v) is 6.33. The number of hydrogen-bond donors (Lipinski definition) is 3. The minimum absolute atomic E-state index is 0.0957. The molecule has 1 atom stereocenters. The summed E-state index contributed by atoms with van der Waals surface area (Å²) in [6.45, 7) is 2.55. The summed E-state index contributed by atoms with van der Waals surface area (Å²) >= 11 is 0. The number of aromatic amines is 1. The van der Waals surface area contributed by atoms with Crippen LogP contribution in [0, 0.1) is 0 Å². The molecule has 0 fully saturated rings. The quantitative estimate of drug-likeness (QED) is 0.479. The van der Waals surface area contributed by atoms with E-state index in [4.69, 9.17) is 10.5 Å². The van der Waals surface area contributed by atoms with Crippen LogP contribution < -0.4 is 11.1 Å². The predicted octanol–water partition coefficient (Wildman–Crippen LogP) is 1.82. The summed E-state index contributed by atoms with van der Waals surface area (Å²) in [6, 6.07) is 3.89. The van der Waals surface area contributed by atoms with Crippen LogP contribution in [-0.2, 0) is 4.74 Å². The molecule has 0 unspecified atom stereocenters. The van der Waals surface area contributed by atoms with Crippen molar-refractivity contribution in [2.24, 2.45) is 5.73 Å². The summed E-state index contributed by atoms with van der Waals surface area (Å²) in [5.41, 5.74) is 9.02. The van der Waals surface area contributed by atoms with Crippen molar-refractivity contribution in [3.63, 3.8) is 0 Å². The van der Waals surface area contributed by atoms with Crippen LogP contribution in [-0.4, -0.2) is 50.2 Å². The van der Waals surface area contributed by atoms with E-state index in [1.54, 1.807) is 24.0 Å². The number of aromatic nitrogens is 5. The zero-order valence-corrected chi connectivity index (χ0v) is 14.9. The van der Waals surface area contributed by atoms with Crippen LogP contribution in [0.25, 0.3) is 27.7 Å². The van der Waals surface area contributed by atoms with E-state index < -0.39 is 5.91 Å². The number of carbonyl (C=O) groups is 1. The van der Waals surface area contributed by atoms with Gasteiger partial charge in [-0.1, -0.05) is 0 Å². The summed E-state index contributed by atoms with van der Waals surface area (Å²) in [7, 11) is 1.65. The number of primary amides is 1. The van der Waals surface area contributed by atoms with Crippen molar-refractivity contribution in [3.05, 3.63) is 42.5 Å². The predicted molar refractivity (Wildman–Crippen MR) is 102 cm³/mol. The Morgan fingerprint density at radius 2 is 2.30 bits per heavy atom. The molecule has 0 aliphatic rings. The number of nitrogens with two attached hydrogens (primary N) is 1. The van der Waals surface area contributed by atoms with Gasteiger partial charge in [0.1, 0.15) is 5.65 Å². The fraction of sp³-hybridized carbons (Fsp3) is 0.222. The summed E-state index contributed by atoms with van der Waals surface area (Å²) in [5.74, 6) is 0.0213. The first-order valence-corrected chi connectivity index (χ1v) is 8.44. The molecule has 0 aliphatic carbocycles. The topological polar surface area (TPSA) is 123 Å². The van der Waals surface area contributed by atoms with E-state index in [0.717, 1.165) is 22.2 Å². The smallest absolute Gasteiger partial charge is 0.252 e. The summed E-state index contributed by atoms with van der Waals surface area (Å²) in [5, 5.41) is 8.22. The van der Waals surface area contributed by atoms with Gasteiger partial charge in [0, 0.05) is 42.7 Å². The Morgan fingerprint density at radius 3 is 3.07 bits per heavy atom. The van der Waals surface area contributed by atoms with Crippen molar-refractivity contribution in [2.75, 3.05) is 19.0 Å². The maximum Gasteiger partial charge on any atom is 0.252 e. The second kappa shape index (κ2) is 6.69. The molecule has 4 aromatic rings. The van der Waals surface area contributed by atoms with Crippen LogP contribution >= 0.6 is 0 Å². The van der Waals surface area contributed by atoms with Gasteiger partial charge in [-0.05, 0) is 24.6 Å². The number of nitrogens with one attached hydrogen (secondary N) is 2. The van der Waals surface area contributed by atoms with Gasteiger partial charge < -0.3 is 20.8 Å². The van der Waals surface area contributed by atoms with Crippen LogP contribution in [0.1, 0.15) is 17.3 Å². The number of carbonyl (C=O) groups excluding carboxylic acids is 1. The van der Waals surface area contributed by atoms with E-state index in [-0.39, 0.29) is 6.04 Å². The molecule has 27 heavy (non-hydrogen) atoms. The van der Waals surface area contributed by atoms with Crippen LogP contribution in [0.3, 0.4) is 0 Å². The van der Waals surface area contributed by atoms with Crippen molar-refractivity contribution in [1.29, 1.82) is 0 Å². The normalized spacial score (nSPS) is 12.5. The molecule has 4 heterocycles. The molecule has 4 aromatic heterocycles. The average Bonchev–Trinajstić information content (AvgIpc) is 3.24. The van der Waals surface area contributed by atoms with Crippen molar-refractivity contribution in [2.45, 2.75) is 13.0 Å². The number of amides is 1. The third-order valence-corrected chi connectivity index (χ3v) is 4.32. The lowest BCUT2D eigenvalue weighted by molar-refractivity contribution is 0.100. The van der Waals surface area contributed by atoms with Crippen molar-refractivity contribution >= 4 is 28.4 Å². The molecule has 0 bridgehead atoms. The maximum absolute atomic E-state index is 11.6. The van der Waals surface area contributed by atoms with Crippen LogP contribution in [0.5, 0.6) is 0 Å². The van der Waals surface area contributed by atoms with Crippen LogP contribution in [0.2, 0.25) is 0 Å². The highest BCUT2D eigenvalue weighted by Gasteiger charge is 2.14. The molecule has 0 saturated heterocycles. The van der Waals surface area contributed by atoms with Gasteiger partial charge >= 0.3 is 0 Å². The molecular weight excluding hydrogens is 346 g/mol. The van der Waals surface area contributed by atoms with Gasteiger partial charge in [-0.2, -0.15) is 10.1 Å². The fourth-order valence-corrected chi connectivity index (χ4v) is 3.07. The SMILES string of the molecule is COC[C@H](C)Nc1ncc2c(-c3ccn4ncc(C(N)=O)c4c3)c[nH]c2n1. The molecule has 9 heteroatoms. The van der Waals surface area contributed by atoms with Gasteiger partial charge in [-0.15, -0.1) is 0 Å². The number of rotatable bonds is 6. The van der Waals surface area contributed by atoms with Gasteiger partial charge in [0.25, 0.3) is 5.91 Å². The number of fused-ring (bicyclic) bond motifs is 2. The molecule has 0 radical (unpaired) electrons. The lowest BCUT2D eigenvalue weighted by atomic mass is 10.1. The highest BCUT2D eigenvalue weighted by Crippen LogP contribution is 2.29. The molecule has 9 nitrogen and oxygen atoms in total. The molecule has 0 spiro atoms. The summed E-state index contributed by atoms with van der Waals surface area (Å²) < 4.78 is 6.73. The monoisotopic (exact) mass is 365 g/mol. The highest BCUT2D eigenvalue weighted by molar-refractivity contribution is 6.01. The highest BCUT2D eigenvalue weighted by atomic mass is 16.5. The first-order valence-electron chi connectivity index (χ1n) is 8.44. The fourth-order valence-electron chi connectivity index (χ4n) is 3.07. The Morgan fingerprint density at radius 1 is 1.44 bits per heavy atom. The number of nitrogens with zero attached hydrogens (tertiary/aromatic N) is 4. The summed E-state index contributed by atoms with van der Waals surface area (Å²) in [4.78, 5) is 23.7. The Kier molecular flexibility index (Phi) is 4.21. The number of methoxy groups -OCH3 is 1. The molecule has 0 aliphatic heterocycles. The van der Waals surface area contributed by atoms with E-state index in [2.05, 4.69) is 25.4 Å². The minimum Gasteiger partial charge on any atom is -0.383 e. The third-order valence-electron chi connectivity index (χ3n) is 4.32. The first kappa shape index (κ1) is 17.0. The van der Waals surface area contributed by atoms with Gasteiger partial charge in [0.2, 0.25) is 5.95 Å². The molecule has 0 aromatic carbocycles. The molecule has 4 rings (SSSR count). The maximum atomic E-state index is 11.6. The Bertz CT molecular complexity index is 1130. The number of H-pyrrole nitrogens is 1. The largest absolute Gasteiger partial charge is 0.383 e. The number of pyridine rings is 1. The zero-order chi connectivity index (χ0) is 19.0. The summed E-state index contributed by atoms with van der Waals surface area (Å²) in [6.07, 6.45) is 6.90. The third kappa shape index (κ3) is 3.08.